The second-order valence-corrected chi connectivity index (χ2v) is 8.90. The van der Waals surface area contributed by atoms with Gasteiger partial charge in [0.05, 0.1) is 19.8 Å². The summed E-state index contributed by atoms with van der Waals surface area (Å²) in [6.45, 7) is 5.38. The number of carbonyl (C=O) groups excluding carboxylic acids is 2. The first kappa shape index (κ1) is 24.4. The Morgan fingerprint density at radius 2 is 1.97 bits per heavy atom. The lowest BCUT2D eigenvalue weighted by molar-refractivity contribution is -0.258. The molecule has 2 saturated heterocycles. The average molecular weight is 451 g/mol. The van der Waals surface area contributed by atoms with E-state index in [4.69, 9.17) is 18.9 Å². The Kier molecular flexibility index (Phi) is 8.47. The lowest BCUT2D eigenvalue weighted by atomic mass is 9.85. The summed E-state index contributed by atoms with van der Waals surface area (Å²) in [4.78, 5) is 24.9. The molecule has 9 heteroatoms. The summed E-state index contributed by atoms with van der Waals surface area (Å²) in [5.74, 6) is -0.0433. The van der Waals surface area contributed by atoms with Crippen molar-refractivity contribution < 1.29 is 33.6 Å². The minimum atomic E-state index is -1.20. The van der Waals surface area contributed by atoms with Crippen molar-refractivity contribution in [3.8, 4) is 5.75 Å². The van der Waals surface area contributed by atoms with E-state index < -0.39 is 29.8 Å². The first-order chi connectivity index (χ1) is 15.3. The third-order valence-electron chi connectivity index (χ3n) is 5.75. The molecule has 0 aliphatic carbocycles. The molecule has 2 amide bonds. The molecule has 2 heterocycles. The molecule has 2 aliphatic heterocycles. The van der Waals surface area contributed by atoms with Crippen LogP contribution in [0.2, 0.25) is 0 Å². The number of hydrogen-bond donors (Lipinski definition) is 3. The molecule has 32 heavy (non-hydrogen) atoms. The fourth-order valence-electron chi connectivity index (χ4n) is 3.76. The van der Waals surface area contributed by atoms with Gasteiger partial charge in [-0.1, -0.05) is 26.0 Å². The zero-order valence-electron chi connectivity index (χ0n) is 19.0. The normalized spacial score (nSPS) is 25.7. The molecule has 1 aromatic carbocycles. The van der Waals surface area contributed by atoms with E-state index in [1.54, 1.807) is 7.11 Å². The van der Waals surface area contributed by atoms with E-state index in [1.165, 1.54) is 0 Å². The van der Waals surface area contributed by atoms with Gasteiger partial charge in [0.2, 0.25) is 11.8 Å². The Hall–Kier alpha value is -2.20. The maximum Gasteiger partial charge on any atom is 0.249 e. The molecule has 0 saturated carbocycles. The number of aliphatic hydroxyl groups is 1. The van der Waals surface area contributed by atoms with Crippen molar-refractivity contribution in [2.75, 3.05) is 33.4 Å². The standard InChI is InChI=1S/C23H34N2O7/c1-23(2)14-31-22(15-6-8-16(29-3)9-7-15)32-19(23)21(28)24-11-10-18(26)20(27)25-13-17-5-4-12-30-17/h6-9,17-19,22,26H,4-5,10-14H2,1-3H3,(H,24,28)(H,25,27). The Morgan fingerprint density at radius 1 is 1.22 bits per heavy atom. The van der Waals surface area contributed by atoms with Gasteiger partial charge in [-0.3, -0.25) is 9.59 Å². The fraction of sp³-hybridized carbons (Fsp3) is 0.652. The molecule has 3 N–H and O–H groups in total. The molecule has 0 spiro atoms. The lowest BCUT2D eigenvalue weighted by Gasteiger charge is -2.41. The van der Waals surface area contributed by atoms with Crippen molar-refractivity contribution in [1.82, 2.24) is 10.6 Å². The van der Waals surface area contributed by atoms with Crippen LogP contribution in [0.5, 0.6) is 5.75 Å². The minimum absolute atomic E-state index is 0.0115. The van der Waals surface area contributed by atoms with Crippen LogP contribution in [0.4, 0.5) is 0 Å². The highest BCUT2D eigenvalue weighted by atomic mass is 16.7. The van der Waals surface area contributed by atoms with Gasteiger partial charge in [-0.25, -0.2) is 0 Å². The third-order valence-corrected chi connectivity index (χ3v) is 5.75. The molecule has 4 atom stereocenters. The zero-order valence-corrected chi connectivity index (χ0v) is 19.0. The van der Waals surface area contributed by atoms with Gasteiger partial charge in [-0.2, -0.15) is 0 Å². The lowest BCUT2D eigenvalue weighted by Crippen LogP contribution is -2.52. The number of ether oxygens (including phenoxy) is 4. The second-order valence-electron chi connectivity index (χ2n) is 8.90. The number of aliphatic hydroxyl groups excluding tert-OH is 1. The summed E-state index contributed by atoms with van der Waals surface area (Å²) in [6.07, 6.45) is -0.601. The average Bonchev–Trinajstić information content (AvgIpc) is 3.31. The van der Waals surface area contributed by atoms with E-state index >= 15 is 0 Å². The summed E-state index contributed by atoms with van der Waals surface area (Å²) in [5.41, 5.74) is 0.252. The summed E-state index contributed by atoms with van der Waals surface area (Å²) < 4.78 is 22.4. The van der Waals surface area contributed by atoms with Crippen LogP contribution in [0.25, 0.3) is 0 Å². The molecule has 0 bridgehead atoms. The molecule has 1 aromatic rings. The van der Waals surface area contributed by atoms with Crippen molar-refractivity contribution in [3.63, 3.8) is 0 Å². The molecular formula is C23H34N2O7. The van der Waals surface area contributed by atoms with Gasteiger partial charge >= 0.3 is 0 Å². The molecule has 2 aliphatic rings. The van der Waals surface area contributed by atoms with Crippen molar-refractivity contribution in [2.24, 2.45) is 5.41 Å². The SMILES string of the molecule is COc1ccc(C2OCC(C)(C)C(C(=O)NCCC(O)C(=O)NCC3CCCO3)O2)cc1. The van der Waals surface area contributed by atoms with Crippen LogP contribution in [0.3, 0.4) is 0 Å². The number of methoxy groups -OCH3 is 1. The number of nitrogens with one attached hydrogen (secondary N) is 2. The molecule has 178 valence electrons. The highest BCUT2D eigenvalue weighted by molar-refractivity contribution is 5.82. The molecule has 0 aromatic heterocycles. The highest BCUT2D eigenvalue weighted by Gasteiger charge is 2.43. The fourth-order valence-corrected chi connectivity index (χ4v) is 3.76. The van der Waals surface area contributed by atoms with Crippen molar-refractivity contribution in [1.29, 1.82) is 0 Å². The Labute approximate surface area is 188 Å². The molecular weight excluding hydrogens is 416 g/mol. The van der Waals surface area contributed by atoms with Crippen molar-refractivity contribution >= 4 is 11.8 Å². The number of benzene rings is 1. The maximum absolute atomic E-state index is 12.8. The molecule has 4 unspecified atom stereocenters. The Balaban J connectivity index is 1.46. The maximum atomic E-state index is 12.8. The van der Waals surface area contributed by atoms with Crippen LogP contribution >= 0.6 is 0 Å². The van der Waals surface area contributed by atoms with Crippen LogP contribution < -0.4 is 15.4 Å². The summed E-state index contributed by atoms with van der Waals surface area (Å²) in [5, 5.41) is 15.6. The van der Waals surface area contributed by atoms with Gasteiger partial charge in [-0.05, 0) is 31.4 Å². The predicted molar refractivity (Wildman–Crippen MR) is 116 cm³/mol. The van der Waals surface area contributed by atoms with Crippen LogP contribution in [0.1, 0.15) is 45.0 Å². The van der Waals surface area contributed by atoms with Crippen LogP contribution in [0.15, 0.2) is 24.3 Å². The molecule has 2 fully saturated rings. The smallest absolute Gasteiger partial charge is 0.249 e. The van der Waals surface area contributed by atoms with Gasteiger partial charge < -0.3 is 34.7 Å². The number of rotatable bonds is 9. The van der Waals surface area contributed by atoms with Gasteiger partial charge in [0.25, 0.3) is 0 Å². The number of hydrogen-bond acceptors (Lipinski definition) is 7. The number of carbonyl (C=O) groups is 2. The van der Waals surface area contributed by atoms with E-state index in [-0.39, 0.29) is 25.0 Å². The Morgan fingerprint density at radius 3 is 2.62 bits per heavy atom. The van der Waals surface area contributed by atoms with Gasteiger partial charge in [0, 0.05) is 30.7 Å². The molecule has 9 nitrogen and oxygen atoms in total. The predicted octanol–water partition coefficient (Wildman–Crippen LogP) is 1.30. The van der Waals surface area contributed by atoms with E-state index in [2.05, 4.69) is 10.6 Å². The summed E-state index contributed by atoms with van der Waals surface area (Å²) in [7, 11) is 1.59. The minimum Gasteiger partial charge on any atom is -0.497 e. The van der Waals surface area contributed by atoms with E-state index in [0.29, 0.717) is 19.8 Å². The zero-order chi connectivity index (χ0) is 23.1. The third kappa shape index (κ3) is 6.41. The van der Waals surface area contributed by atoms with E-state index in [9.17, 15) is 14.7 Å². The second kappa shape index (κ2) is 11.1. The first-order valence-electron chi connectivity index (χ1n) is 11.1. The van der Waals surface area contributed by atoms with Crippen LogP contribution in [0, 0.1) is 5.41 Å². The van der Waals surface area contributed by atoms with Gasteiger partial charge in [-0.15, -0.1) is 0 Å². The number of amides is 2. The van der Waals surface area contributed by atoms with Gasteiger partial charge in [0.1, 0.15) is 18.0 Å². The summed E-state index contributed by atoms with van der Waals surface area (Å²) in [6, 6.07) is 7.29. The van der Waals surface area contributed by atoms with Crippen LogP contribution in [-0.2, 0) is 23.8 Å². The molecule has 0 radical (unpaired) electrons. The quantitative estimate of drug-likeness (QED) is 0.519. The van der Waals surface area contributed by atoms with E-state index in [0.717, 1.165) is 24.2 Å². The first-order valence-corrected chi connectivity index (χ1v) is 11.1. The van der Waals surface area contributed by atoms with Crippen LogP contribution in [-0.4, -0.2) is 68.6 Å². The highest BCUT2D eigenvalue weighted by Crippen LogP contribution is 2.36. The monoisotopic (exact) mass is 450 g/mol. The largest absolute Gasteiger partial charge is 0.497 e. The topological polar surface area (TPSA) is 115 Å². The van der Waals surface area contributed by atoms with Gasteiger partial charge in [0.15, 0.2) is 6.29 Å². The Bertz CT molecular complexity index is 762. The van der Waals surface area contributed by atoms with Crippen molar-refractivity contribution in [3.05, 3.63) is 29.8 Å². The molecule has 3 rings (SSSR count). The van der Waals surface area contributed by atoms with E-state index in [1.807, 2.05) is 38.1 Å². The van der Waals surface area contributed by atoms with Crippen molar-refractivity contribution in [2.45, 2.75) is 57.7 Å². The summed E-state index contributed by atoms with van der Waals surface area (Å²) >= 11 is 0.